The Morgan fingerprint density at radius 2 is 1.86 bits per heavy atom. The van der Waals surface area contributed by atoms with Crippen LogP contribution in [0.2, 0.25) is 5.02 Å². The van der Waals surface area contributed by atoms with Gasteiger partial charge in [0.25, 0.3) is 0 Å². The Labute approximate surface area is 142 Å². The predicted molar refractivity (Wildman–Crippen MR) is 93.9 cm³/mol. The number of benzene rings is 1. The van der Waals surface area contributed by atoms with E-state index in [2.05, 4.69) is 0 Å². The van der Waals surface area contributed by atoms with Crippen LogP contribution in [0.5, 0.6) is 5.75 Å². The second-order valence-corrected chi connectivity index (χ2v) is 7.44. The quantitative estimate of drug-likeness (QED) is 0.725. The van der Waals surface area contributed by atoms with Crippen molar-refractivity contribution >= 4 is 29.3 Å². The second-order valence-electron chi connectivity index (χ2n) is 5.55. The molecule has 1 atom stereocenters. The normalized spacial score (nSPS) is 16.9. The van der Waals surface area contributed by atoms with E-state index in [0.29, 0.717) is 11.6 Å². The van der Waals surface area contributed by atoms with Gasteiger partial charge in [-0.3, -0.25) is 4.79 Å². The van der Waals surface area contributed by atoms with Crippen molar-refractivity contribution in [3.8, 4) is 5.75 Å². The van der Waals surface area contributed by atoms with Gasteiger partial charge in [0.15, 0.2) is 0 Å². The highest BCUT2D eigenvalue weighted by Crippen LogP contribution is 2.19. The molecule has 0 radical (unpaired) electrons. The molecule has 0 aromatic heterocycles. The van der Waals surface area contributed by atoms with Crippen LogP contribution in [0.4, 0.5) is 0 Å². The van der Waals surface area contributed by atoms with Crippen LogP contribution in [0.3, 0.4) is 0 Å². The van der Waals surface area contributed by atoms with E-state index >= 15 is 0 Å². The van der Waals surface area contributed by atoms with Crippen LogP contribution >= 0.6 is 23.4 Å². The Kier molecular flexibility index (Phi) is 7.40. The Hall–Kier alpha value is -0.870. The summed E-state index contributed by atoms with van der Waals surface area (Å²) in [5.74, 6) is 1.90. The van der Waals surface area contributed by atoms with Gasteiger partial charge in [0, 0.05) is 23.9 Å². The number of ether oxygens (including phenoxy) is 1. The number of nitrogens with zero attached hydrogens (tertiary/aromatic N) is 1. The van der Waals surface area contributed by atoms with E-state index in [0.717, 1.165) is 37.4 Å². The fourth-order valence-electron chi connectivity index (χ4n) is 2.53. The summed E-state index contributed by atoms with van der Waals surface area (Å²) in [6.07, 6.45) is 4.78. The highest BCUT2D eigenvalue weighted by molar-refractivity contribution is 8.00. The molecule has 122 valence electrons. The number of hydrogen-bond donors (Lipinski definition) is 0. The minimum Gasteiger partial charge on any atom is -0.493 e. The highest BCUT2D eigenvalue weighted by atomic mass is 35.5. The van der Waals surface area contributed by atoms with E-state index in [-0.39, 0.29) is 11.2 Å². The lowest BCUT2D eigenvalue weighted by molar-refractivity contribution is -0.130. The zero-order chi connectivity index (χ0) is 15.8. The molecule has 1 unspecified atom stereocenters. The van der Waals surface area contributed by atoms with Crippen LogP contribution in [-0.4, -0.2) is 41.5 Å². The summed E-state index contributed by atoms with van der Waals surface area (Å²) in [5.41, 5.74) is 0. The summed E-state index contributed by atoms with van der Waals surface area (Å²) < 4.78 is 5.65. The molecule has 0 saturated carbocycles. The number of hydrogen-bond acceptors (Lipinski definition) is 3. The smallest absolute Gasteiger partial charge is 0.235 e. The number of likely N-dealkylation sites (tertiary alicyclic amines) is 1. The second kappa shape index (κ2) is 9.31. The van der Waals surface area contributed by atoms with Crippen LogP contribution < -0.4 is 4.74 Å². The average molecular weight is 342 g/mol. The molecule has 2 rings (SSSR count). The van der Waals surface area contributed by atoms with Gasteiger partial charge in [0.1, 0.15) is 5.75 Å². The number of halogens is 1. The molecule has 3 nitrogen and oxygen atoms in total. The van der Waals surface area contributed by atoms with Gasteiger partial charge in [-0.2, -0.15) is 0 Å². The Morgan fingerprint density at radius 1 is 1.23 bits per heavy atom. The third kappa shape index (κ3) is 5.73. The Bertz CT molecular complexity index is 458. The van der Waals surface area contributed by atoms with Crippen molar-refractivity contribution in [2.45, 2.75) is 37.9 Å². The lowest BCUT2D eigenvalue weighted by Crippen LogP contribution is -2.37. The standard InChI is InChI=1S/C17H24ClNO2S/c1-14(17(20)19-10-4-2-3-5-11-19)22-13-12-21-16-8-6-15(18)7-9-16/h6-9,14H,2-5,10-13H2,1H3. The fraction of sp³-hybridized carbons (Fsp3) is 0.588. The van der Waals surface area contributed by atoms with Crippen molar-refractivity contribution in [1.29, 1.82) is 0 Å². The summed E-state index contributed by atoms with van der Waals surface area (Å²) in [4.78, 5) is 14.4. The molecule has 0 bridgehead atoms. The lowest BCUT2D eigenvalue weighted by Gasteiger charge is -2.23. The minimum atomic E-state index is 0.00641. The van der Waals surface area contributed by atoms with E-state index in [9.17, 15) is 4.79 Å². The van der Waals surface area contributed by atoms with E-state index < -0.39 is 0 Å². The van der Waals surface area contributed by atoms with Gasteiger partial charge in [-0.05, 0) is 44.0 Å². The maximum Gasteiger partial charge on any atom is 0.235 e. The molecule has 1 fully saturated rings. The maximum absolute atomic E-state index is 12.4. The predicted octanol–water partition coefficient (Wildman–Crippen LogP) is 4.24. The molecule has 1 heterocycles. The highest BCUT2D eigenvalue weighted by Gasteiger charge is 2.21. The SMILES string of the molecule is CC(SCCOc1ccc(Cl)cc1)C(=O)N1CCCCCC1. The Balaban J connectivity index is 1.67. The van der Waals surface area contributed by atoms with Crippen molar-refractivity contribution in [2.75, 3.05) is 25.4 Å². The van der Waals surface area contributed by atoms with Gasteiger partial charge in [0.05, 0.1) is 11.9 Å². The molecule has 1 aromatic rings. The summed E-state index contributed by atoms with van der Waals surface area (Å²) in [6, 6.07) is 7.35. The monoisotopic (exact) mass is 341 g/mol. The molecular formula is C17H24ClNO2S. The molecule has 1 aliphatic rings. The van der Waals surface area contributed by atoms with Gasteiger partial charge < -0.3 is 9.64 Å². The van der Waals surface area contributed by atoms with Crippen LogP contribution in [0.1, 0.15) is 32.6 Å². The van der Waals surface area contributed by atoms with E-state index in [1.165, 1.54) is 12.8 Å². The van der Waals surface area contributed by atoms with Crippen molar-refractivity contribution < 1.29 is 9.53 Å². The van der Waals surface area contributed by atoms with Crippen LogP contribution in [0.15, 0.2) is 24.3 Å². The van der Waals surface area contributed by atoms with E-state index in [4.69, 9.17) is 16.3 Å². The number of rotatable bonds is 6. The first-order valence-corrected chi connectivity index (χ1v) is 9.38. The number of thioether (sulfide) groups is 1. The summed E-state index contributed by atoms with van der Waals surface area (Å²) >= 11 is 7.50. The summed E-state index contributed by atoms with van der Waals surface area (Å²) in [6.45, 7) is 4.44. The molecule has 1 aromatic carbocycles. The topological polar surface area (TPSA) is 29.5 Å². The molecule has 0 aliphatic carbocycles. The number of carbonyl (C=O) groups excluding carboxylic acids is 1. The molecule has 1 aliphatic heterocycles. The van der Waals surface area contributed by atoms with Crippen LogP contribution in [-0.2, 0) is 4.79 Å². The first-order valence-electron chi connectivity index (χ1n) is 7.95. The molecular weight excluding hydrogens is 318 g/mol. The molecule has 5 heteroatoms. The minimum absolute atomic E-state index is 0.00641. The lowest BCUT2D eigenvalue weighted by atomic mass is 10.2. The van der Waals surface area contributed by atoms with E-state index in [1.807, 2.05) is 36.1 Å². The molecule has 0 N–H and O–H groups in total. The number of carbonyl (C=O) groups is 1. The van der Waals surface area contributed by atoms with E-state index in [1.54, 1.807) is 11.8 Å². The van der Waals surface area contributed by atoms with Crippen molar-refractivity contribution in [1.82, 2.24) is 4.90 Å². The first-order chi connectivity index (χ1) is 10.7. The summed E-state index contributed by atoms with van der Waals surface area (Å²) in [5, 5.41) is 0.713. The largest absolute Gasteiger partial charge is 0.493 e. The average Bonchev–Trinajstić information content (AvgIpc) is 2.81. The van der Waals surface area contributed by atoms with Crippen molar-refractivity contribution in [3.05, 3.63) is 29.3 Å². The summed E-state index contributed by atoms with van der Waals surface area (Å²) in [7, 11) is 0. The van der Waals surface area contributed by atoms with Crippen molar-refractivity contribution in [2.24, 2.45) is 0 Å². The third-order valence-corrected chi connectivity index (χ3v) is 5.16. The van der Waals surface area contributed by atoms with Gasteiger partial charge in [-0.1, -0.05) is 24.4 Å². The van der Waals surface area contributed by atoms with Crippen LogP contribution in [0, 0.1) is 0 Å². The zero-order valence-electron chi connectivity index (χ0n) is 13.1. The molecule has 1 amide bonds. The Morgan fingerprint density at radius 3 is 2.50 bits per heavy atom. The van der Waals surface area contributed by atoms with Crippen molar-refractivity contribution in [3.63, 3.8) is 0 Å². The fourth-order valence-corrected chi connectivity index (χ4v) is 3.49. The third-order valence-electron chi connectivity index (χ3n) is 3.80. The molecule has 22 heavy (non-hydrogen) atoms. The van der Waals surface area contributed by atoms with Gasteiger partial charge in [-0.25, -0.2) is 0 Å². The number of amides is 1. The van der Waals surface area contributed by atoms with Gasteiger partial charge in [-0.15, -0.1) is 11.8 Å². The molecule has 0 spiro atoms. The van der Waals surface area contributed by atoms with Gasteiger partial charge in [0.2, 0.25) is 5.91 Å². The van der Waals surface area contributed by atoms with Gasteiger partial charge >= 0.3 is 0 Å². The maximum atomic E-state index is 12.4. The molecule has 1 saturated heterocycles. The zero-order valence-corrected chi connectivity index (χ0v) is 14.7. The van der Waals surface area contributed by atoms with Crippen LogP contribution in [0.25, 0.3) is 0 Å². The first kappa shape index (κ1) is 17.5.